The third kappa shape index (κ3) is 3.94. The summed E-state index contributed by atoms with van der Waals surface area (Å²) in [4.78, 5) is 27.8. The van der Waals surface area contributed by atoms with Gasteiger partial charge in [-0.3, -0.25) is 9.78 Å². The average molecular weight is 300 g/mol. The van der Waals surface area contributed by atoms with Crippen LogP contribution in [-0.2, 0) is 4.79 Å². The molecule has 1 aromatic carbocycles. The highest BCUT2D eigenvalue weighted by molar-refractivity contribution is 6.02. The maximum Gasteiger partial charge on any atom is 0.319 e. The van der Waals surface area contributed by atoms with Gasteiger partial charge >= 0.3 is 6.03 Å². The quantitative estimate of drug-likeness (QED) is 0.792. The van der Waals surface area contributed by atoms with Gasteiger partial charge in [0.05, 0.1) is 5.69 Å². The lowest BCUT2D eigenvalue weighted by molar-refractivity contribution is -0.122. The first-order valence-corrected chi connectivity index (χ1v) is 7.29. The summed E-state index contributed by atoms with van der Waals surface area (Å²) in [7, 11) is 0. The molecule has 0 fully saturated rings. The zero-order valence-electron chi connectivity index (χ0n) is 12.7. The fraction of sp³-hybridized carbons (Fsp3) is 0.312. The number of aromatic nitrogens is 1. The normalized spacial score (nSPS) is 11.7. The van der Waals surface area contributed by atoms with Gasteiger partial charge in [-0.15, -0.1) is 0 Å². The minimum absolute atomic E-state index is 0.195. The highest BCUT2D eigenvalue weighted by atomic mass is 16.2. The number of rotatable bonds is 5. The number of hydrogen-bond acceptors (Lipinski definition) is 3. The van der Waals surface area contributed by atoms with E-state index in [1.807, 2.05) is 31.2 Å². The second kappa shape index (κ2) is 7.40. The van der Waals surface area contributed by atoms with E-state index in [2.05, 4.69) is 20.9 Å². The lowest BCUT2D eigenvalue weighted by Crippen LogP contribution is -2.46. The van der Waals surface area contributed by atoms with E-state index in [9.17, 15) is 9.59 Å². The maximum atomic E-state index is 12.0. The number of nitrogens with zero attached hydrogens (tertiary/aromatic N) is 1. The summed E-state index contributed by atoms with van der Waals surface area (Å²) in [6, 6.07) is 6.40. The van der Waals surface area contributed by atoms with Crippen LogP contribution in [0, 0.1) is 0 Å². The number of fused-ring (bicyclic) bond motifs is 1. The molecule has 0 aliphatic rings. The van der Waals surface area contributed by atoms with Crippen LogP contribution in [0.15, 0.2) is 36.7 Å². The molecule has 6 nitrogen and oxygen atoms in total. The summed E-state index contributed by atoms with van der Waals surface area (Å²) in [5, 5.41) is 9.97. The fourth-order valence-corrected chi connectivity index (χ4v) is 2.05. The number of nitrogens with one attached hydrogen (secondary N) is 3. The molecular formula is C16H20N4O2. The van der Waals surface area contributed by atoms with E-state index in [0.29, 0.717) is 12.2 Å². The molecule has 0 aliphatic carbocycles. The van der Waals surface area contributed by atoms with E-state index >= 15 is 0 Å². The number of carbonyl (C=O) groups is 2. The first-order valence-electron chi connectivity index (χ1n) is 7.29. The molecule has 22 heavy (non-hydrogen) atoms. The summed E-state index contributed by atoms with van der Waals surface area (Å²) in [5.74, 6) is -0.195. The molecule has 2 rings (SSSR count). The van der Waals surface area contributed by atoms with Gasteiger partial charge in [-0.1, -0.05) is 19.1 Å². The van der Waals surface area contributed by atoms with Crippen molar-refractivity contribution >= 4 is 28.4 Å². The van der Waals surface area contributed by atoms with E-state index in [1.54, 1.807) is 19.3 Å². The molecule has 6 heteroatoms. The van der Waals surface area contributed by atoms with Gasteiger partial charge in [0.15, 0.2) is 0 Å². The standard InChI is InChI=1S/C16H20N4O2/c1-3-8-18-15(21)11(2)19-16(22)20-14-6-4-5-12-10-17-9-7-13(12)14/h4-7,9-11H,3,8H2,1-2H3,(H,18,21)(H2,19,20,22)/t11-/m1/s1. The first kappa shape index (κ1) is 15.8. The summed E-state index contributed by atoms with van der Waals surface area (Å²) in [6.07, 6.45) is 4.26. The smallest absolute Gasteiger partial charge is 0.319 e. The minimum Gasteiger partial charge on any atom is -0.354 e. The van der Waals surface area contributed by atoms with E-state index in [4.69, 9.17) is 0 Å². The van der Waals surface area contributed by atoms with Crippen molar-refractivity contribution in [2.24, 2.45) is 0 Å². The Labute approximate surface area is 129 Å². The van der Waals surface area contributed by atoms with E-state index < -0.39 is 12.1 Å². The summed E-state index contributed by atoms with van der Waals surface area (Å²) >= 11 is 0. The van der Waals surface area contributed by atoms with Gasteiger partial charge in [-0.2, -0.15) is 0 Å². The van der Waals surface area contributed by atoms with Crippen molar-refractivity contribution in [2.75, 3.05) is 11.9 Å². The van der Waals surface area contributed by atoms with Crippen LogP contribution >= 0.6 is 0 Å². The van der Waals surface area contributed by atoms with Crippen LogP contribution in [0.5, 0.6) is 0 Å². The number of amides is 3. The van der Waals surface area contributed by atoms with Gasteiger partial charge in [-0.05, 0) is 25.5 Å². The number of carbonyl (C=O) groups excluding carboxylic acids is 2. The molecule has 3 amide bonds. The van der Waals surface area contributed by atoms with Crippen LogP contribution in [0.25, 0.3) is 10.8 Å². The lowest BCUT2D eigenvalue weighted by atomic mass is 10.1. The fourth-order valence-electron chi connectivity index (χ4n) is 2.05. The third-order valence-electron chi connectivity index (χ3n) is 3.22. The Morgan fingerprint density at radius 1 is 1.27 bits per heavy atom. The van der Waals surface area contributed by atoms with Crippen LogP contribution in [0.2, 0.25) is 0 Å². The van der Waals surface area contributed by atoms with E-state index in [1.165, 1.54) is 0 Å². The van der Waals surface area contributed by atoms with Gasteiger partial charge in [0.25, 0.3) is 0 Å². The molecular weight excluding hydrogens is 280 g/mol. The van der Waals surface area contributed by atoms with Crippen LogP contribution in [0.4, 0.5) is 10.5 Å². The Kier molecular flexibility index (Phi) is 5.30. The van der Waals surface area contributed by atoms with Gasteiger partial charge in [0.2, 0.25) is 5.91 Å². The molecule has 0 spiro atoms. The topological polar surface area (TPSA) is 83.1 Å². The first-order chi connectivity index (χ1) is 10.6. The predicted octanol–water partition coefficient (Wildman–Crippen LogP) is 2.27. The van der Waals surface area contributed by atoms with Gasteiger partial charge < -0.3 is 16.0 Å². The molecule has 3 N–H and O–H groups in total. The van der Waals surface area contributed by atoms with Crippen LogP contribution in [-0.4, -0.2) is 29.5 Å². The van der Waals surface area contributed by atoms with Crippen molar-refractivity contribution in [2.45, 2.75) is 26.3 Å². The number of urea groups is 1. The number of benzene rings is 1. The zero-order valence-corrected chi connectivity index (χ0v) is 12.7. The summed E-state index contributed by atoms with van der Waals surface area (Å²) in [6.45, 7) is 4.22. The number of pyridine rings is 1. The second-order valence-electron chi connectivity index (χ2n) is 5.01. The summed E-state index contributed by atoms with van der Waals surface area (Å²) < 4.78 is 0. The molecule has 0 unspecified atom stereocenters. The monoisotopic (exact) mass is 300 g/mol. The molecule has 0 saturated heterocycles. The van der Waals surface area contributed by atoms with Crippen molar-refractivity contribution < 1.29 is 9.59 Å². The van der Waals surface area contributed by atoms with E-state index in [-0.39, 0.29) is 5.91 Å². The zero-order chi connectivity index (χ0) is 15.9. The van der Waals surface area contributed by atoms with Crippen LogP contribution < -0.4 is 16.0 Å². The van der Waals surface area contributed by atoms with Crippen molar-refractivity contribution in [1.82, 2.24) is 15.6 Å². The molecule has 116 valence electrons. The molecule has 0 bridgehead atoms. The van der Waals surface area contributed by atoms with Crippen molar-refractivity contribution in [3.8, 4) is 0 Å². The minimum atomic E-state index is -0.594. The number of hydrogen-bond donors (Lipinski definition) is 3. The molecule has 0 aliphatic heterocycles. The Bertz CT molecular complexity index is 667. The third-order valence-corrected chi connectivity index (χ3v) is 3.22. The Morgan fingerprint density at radius 2 is 2.09 bits per heavy atom. The Balaban J connectivity index is 2.00. The molecule has 1 heterocycles. The lowest BCUT2D eigenvalue weighted by Gasteiger charge is -2.15. The molecule has 1 aromatic heterocycles. The molecule has 1 atom stereocenters. The predicted molar refractivity (Wildman–Crippen MR) is 86.7 cm³/mol. The number of anilines is 1. The van der Waals surface area contributed by atoms with E-state index in [0.717, 1.165) is 17.2 Å². The van der Waals surface area contributed by atoms with Crippen molar-refractivity contribution in [1.29, 1.82) is 0 Å². The van der Waals surface area contributed by atoms with Gasteiger partial charge in [0.1, 0.15) is 6.04 Å². The largest absolute Gasteiger partial charge is 0.354 e. The summed E-state index contributed by atoms with van der Waals surface area (Å²) in [5.41, 5.74) is 0.679. The Hall–Kier alpha value is -2.63. The van der Waals surface area contributed by atoms with Crippen molar-refractivity contribution in [3.05, 3.63) is 36.7 Å². The molecule has 0 saturated carbocycles. The van der Waals surface area contributed by atoms with Crippen LogP contribution in [0.1, 0.15) is 20.3 Å². The second-order valence-corrected chi connectivity index (χ2v) is 5.01. The molecule has 0 radical (unpaired) electrons. The average Bonchev–Trinajstić information content (AvgIpc) is 2.52. The van der Waals surface area contributed by atoms with Crippen LogP contribution in [0.3, 0.4) is 0 Å². The Morgan fingerprint density at radius 3 is 2.86 bits per heavy atom. The molecule has 2 aromatic rings. The SMILES string of the molecule is CCCNC(=O)[C@@H](C)NC(=O)Nc1cccc2cnccc12. The maximum absolute atomic E-state index is 12.0. The van der Waals surface area contributed by atoms with Gasteiger partial charge in [-0.25, -0.2) is 4.79 Å². The van der Waals surface area contributed by atoms with Gasteiger partial charge in [0, 0.05) is 29.7 Å². The highest BCUT2D eigenvalue weighted by Gasteiger charge is 2.15. The highest BCUT2D eigenvalue weighted by Crippen LogP contribution is 2.21. The van der Waals surface area contributed by atoms with Crippen molar-refractivity contribution in [3.63, 3.8) is 0 Å².